The van der Waals surface area contributed by atoms with Crippen molar-refractivity contribution >= 4 is 17.7 Å². The Morgan fingerprint density at radius 3 is 2.72 bits per heavy atom. The van der Waals surface area contributed by atoms with Crippen molar-refractivity contribution in [1.29, 1.82) is 0 Å². The predicted octanol–water partition coefficient (Wildman–Crippen LogP) is 4.33. The van der Waals surface area contributed by atoms with E-state index in [0.717, 1.165) is 11.1 Å². The minimum atomic E-state index is -0.447. The van der Waals surface area contributed by atoms with Crippen LogP contribution in [0.3, 0.4) is 0 Å². The van der Waals surface area contributed by atoms with Crippen LogP contribution in [0.5, 0.6) is 5.75 Å². The summed E-state index contributed by atoms with van der Waals surface area (Å²) in [6.07, 6.45) is 0. The van der Waals surface area contributed by atoms with E-state index in [-0.39, 0.29) is 17.4 Å². The smallest absolute Gasteiger partial charge is 0.277 e. The van der Waals surface area contributed by atoms with Gasteiger partial charge in [-0.15, -0.1) is 10.2 Å². The molecular weight excluding hydrogens is 393 g/mol. The van der Waals surface area contributed by atoms with Crippen LogP contribution in [-0.2, 0) is 11.3 Å². The molecule has 0 atom stereocenters. The number of amides is 1. The zero-order valence-corrected chi connectivity index (χ0v) is 17.3. The summed E-state index contributed by atoms with van der Waals surface area (Å²) in [7, 11) is 1.42. The standard InChI is InChI=1S/C21H22FN3O3S/c1-4-25(12-15-9-10-18(27-3)17(22)11-15)19(26)13-29-21-24-23-20(28-21)16-8-6-5-7-14(16)2/h5-11H,4,12-13H2,1-3H3. The van der Waals surface area contributed by atoms with Crippen LogP contribution in [0.4, 0.5) is 4.39 Å². The van der Waals surface area contributed by atoms with Gasteiger partial charge in [0.25, 0.3) is 5.22 Å². The Morgan fingerprint density at radius 1 is 1.24 bits per heavy atom. The molecule has 6 nitrogen and oxygen atoms in total. The summed E-state index contributed by atoms with van der Waals surface area (Å²) in [6.45, 7) is 4.67. The zero-order chi connectivity index (χ0) is 20.8. The molecule has 3 rings (SSSR count). The number of carbonyl (C=O) groups excluding carboxylic acids is 1. The summed E-state index contributed by atoms with van der Waals surface area (Å²) >= 11 is 1.19. The van der Waals surface area contributed by atoms with Crippen molar-refractivity contribution in [2.45, 2.75) is 25.6 Å². The van der Waals surface area contributed by atoms with E-state index in [1.165, 1.54) is 24.9 Å². The fraction of sp³-hybridized carbons (Fsp3) is 0.286. The normalized spacial score (nSPS) is 10.8. The second-order valence-electron chi connectivity index (χ2n) is 6.35. The molecule has 0 aliphatic heterocycles. The van der Waals surface area contributed by atoms with Gasteiger partial charge in [-0.25, -0.2) is 4.39 Å². The lowest BCUT2D eigenvalue weighted by molar-refractivity contribution is -0.128. The minimum Gasteiger partial charge on any atom is -0.494 e. The minimum absolute atomic E-state index is 0.0932. The average molecular weight is 415 g/mol. The molecular formula is C21H22FN3O3S. The molecule has 3 aromatic rings. The van der Waals surface area contributed by atoms with Crippen LogP contribution in [0.2, 0.25) is 0 Å². The van der Waals surface area contributed by atoms with Gasteiger partial charge in [0.2, 0.25) is 11.8 Å². The summed E-state index contributed by atoms with van der Waals surface area (Å²) in [5, 5.41) is 8.42. The van der Waals surface area contributed by atoms with Crippen LogP contribution < -0.4 is 4.74 Å². The van der Waals surface area contributed by atoms with E-state index < -0.39 is 5.82 Å². The lowest BCUT2D eigenvalue weighted by Gasteiger charge is -2.20. The number of benzene rings is 2. The third kappa shape index (κ3) is 5.14. The number of ether oxygens (including phenoxy) is 1. The molecule has 8 heteroatoms. The van der Waals surface area contributed by atoms with Crippen molar-refractivity contribution in [3.8, 4) is 17.2 Å². The highest BCUT2D eigenvalue weighted by molar-refractivity contribution is 7.99. The van der Waals surface area contributed by atoms with Crippen molar-refractivity contribution in [1.82, 2.24) is 15.1 Å². The Kier molecular flexibility index (Phi) is 6.87. The Bertz CT molecular complexity index is 993. The molecule has 0 unspecified atom stereocenters. The van der Waals surface area contributed by atoms with Crippen molar-refractivity contribution < 1.29 is 18.3 Å². The number of rotatable bonds is 8. The Labute approximate surface area is 173 Å². The molecule has 0 aliphatic rings. The maximum atomic E-state index is 13.9. The molecule has 0 radical (unpaired) electrons. The summed E-state index contributed by atoms with van der Waals surface area (Å²) in [4.78, 5) is 14.2. The summed E-state index contributed by atoms with van der Waals surface area (Å²) < 4.78 is 24.5. The molecule has 29 heavy (non-hydrogen) atoms. The van der Waals surface area contributed by atoms with Crippen LogP contribution in [0.1, 0.15) is 18.1 Å². The zero-order valence-electron chi connectivity index (χ0n) is 16.5. The van der Waals surface area contributed by atoms with Crippen LogP contribution in [-0.4, -0.2) is 40.4 Å². The van der Waals surface area contributed by atoms with Gasteiger partial charge in [0.05, 0.1) is 12.9 Å². The molecule has 1 amide bonds. The SMILES string of the molecule is CCN(Cc1ccc(OC)c(F)c1)C(=O)CSc1nnc(-c2ccccc2C)o1. The van der Waals surface area contributed by atoms with E-state index in [1.54, 1.807) is 17.0 Å². The van der Waals surface area contributed by atoms with Crippen molar-refractivity contribution in [3.63, 3.8) is 0 Å². The van der Waals surface area contributed by atoms with Crippen LogP contribution in [0, 0.1) is 12.7 Å². The van der Waals surface area contributed by atoms with E-state index in [1.807, 2.05) is 38.1 Å². The highest BCUT2D eigenvalue weighted by Gasteiger charge is 2.17. The number of halogens is 1. The first kappa shape index (κ1) is 20.9. The molecule has 1 heterocycles. The fourth-order valence-corrected chi connectivity index (χ4v) is 3.48. The largest absolute Gasteiger partial charge is 0.494 e. The third-order valence-electron chi connectivity index (χ3n) is 4.43. The second-order valence-corrected chi connectivity index (χ2v) is 7.28. The Hall–Kier alpha value is -2.87. The topological polar surface area (TPSA) is 68.5 Å². The van der Waals surface area contributed by atoms with Gasteiger partial charge < -0.3 is 14.1 Å². The Balaban J connectivity index is 1.60. The van der Waals surface area contributed by atoms with E-state index in [4.69, 9.17) is 9.15 Å². The molecule has 0 bridgehead atoms. The van der Waals surface area contributed by atoms with Crippen molar-refractivity contribution in [2.75, 3.05) is 19.4 Å². The van der Waals surface area contributed by atoms with Crippen LogP contribution >= 0.6 is 11.8 Å². The van der Waals surface area contributed by atoms with Gasteiger partial charge in [-0.3, -0.25) is 4.79 Å². The number of hydrogen-bond donors (Lipinski definition) is 0. The molecule has 0 fully saturated rings. The van der Waals surface area contributed by atoms with Gasteiger partial charge in [0.15, 0.2) is 11.6 Å². The molecule has 0 spiro atoms. The predicted molar refractivity (Wildman–Crippen MR) is 109 cm³/mol. The van der Waals surface area contributed by atoms with Crippen LogP contribution in [0.15, 0.2) is 52.1 Å². The summed E-state index contributed by atoms with van der Waals surface area (Å²) in [5.74, 6) is 0.225. The average Bonchev–Trinajstić information content (AvgIpc) is 3.19. The lowest BCUT2D eigenvalue weighted by atomic mass is 10.1. The molecule has 0 N–H and O–H groups in total. The van der Waals surface area contributed by atoms with Gasteiger partial charge in [0.1, 0.15) is 0 Å². The third-order valence-corrected chi connectivity index (χ3v) is 5.23. The van der Waals surface area contributed by atoms with Gasteiger partial charge in [-0.05, 0) is 43.2 Å². The maximum Gasteiger partial charge on any atom is 0.277 e. The van der Waals surface area contributed by atoms with Crippen LogP contribution in [0.25, 0.3) is 11.5 Å². The van der Waals surface area contributed by atoms with E-state index in [2.05, 4.69) is 10.2 Å². The summed E-state index contributed by atoms with van der Waals surface area (Å²) in [6, 6.07) is 12.4. The molecule has 0 aliphatic carbocycles. The molecule has 0 saturated carbocycles. The number of aromatic nitrogens is 2. The number of carbonyl (C=O) groups is 1. The van der Waals surface area contributed by atoms with Gasteiger partial charge in [0, 0.05) is 18.7 Å². The van der Waals surface area contributed by atoms with Gasteiger partial charge in [-0.1, -0.05) is 36.0 Å². The quantitative estimate of drug-likeness (QED) is 0.510. The first-order valence-corrected chi connectivity index (χ1v) is 10.1. The number of methoxy groups -OCH3 is 1. The first-order valence-electron chi connectivity index (χ1n) is 9.14. The first-order chi connectivity index (χ1) is 14.0. The Morgan fingerprint density at radius 2 is 2.03 bits per heavy atom. The second kappa shape index (κ2) is 9.56. The number of nitrogens with zero attached hydrogens (tertiary/aromatic N) is 3. The van der Waals surface area contributed by atoms with Crippen molar-refractivity contribution in [3.05, 3.63) is 59.4 Å². The van der Waals surface area contributed by atoms with E-state index in [0.29, 0.717) is 29.8 Å². The summed E-state index contributed by atoms with van der Waals surface area (Å²) in [5.41, 5.74) is 2.60. The molecule has 1 aromatic heterocycles. The van der Waals surface area contributed by atoms with Gasteiger partial charge in [-0.2, -0.15) is 0 Å². The maximum absolute atomic E-state index is 13.9. The molecule has 152 valence electrons. The molecule has 2 aromatic carbocycles. The highest BCUT2D eigenvalue weighted by atomic mass is 32.2. The molecule has 0 saturated heterocycles. The number of thioether (sulfide) groups is 1. The van der Waals surface area contributed by atoms with Crippen molar-refractivity contribution in [2.24, 2.45) is 0 Å². The van der Waals surface area contributed by atoms with E-state index >= 15 is 0 Å². The van der Waals surface area contributed by atoms with E-state index in [9.17, 15) is 9.18 Å². The highest BCUT2D eigenvalue weighted by Crippen LogP contribution is 2.26. The number of aryl methyl sites for hydroxylation is 1. The monoisotopic (exact) mass is 415 g/mol. The van der Waals surface area contributed by atoms with Gasteiger partial charge >= 0.3 is 0 Å². The number of hydrogen-bond acceptors (Lipinski definition) is 6. The lowest BCUT2D eigenvalue weighted by Crippen LogP contribution is -2.31. The fourth-order valence-electron chi connectivity index (χ4n) is 2.81.